The maximum Gasteiger partial charge on any atom is 0.276 e. The van der Waals surface area contributed by atoms with Gasteiger partial charge in [0.1, 0.15) is 0 Å². The van der Waals surface area contributed by atoms with Gasteiger partial charge in [-0.05, 0) is 12.5 Å². The first kappa shape index (κ1) is 12.0. The fourth-order valence-electron chi connectivity index (χ4n) is 0. The predicted molar refractivity (Wildman–Crippen MR) is 32.8 cm³/mol. The van der Waals surface area contributed by atoms with Crippen LogP contribution in [-0.4, -0.2) is 27.2 Å². The molecule has 0 radical (unpaired) electrons. The molecule has 3 nitrogen and oxygen atoms in total. The molecule has 3 N–H and O–H groups in total. The second-order valence-corrected chi connectivity index (χ2v) is 7.52. The van der Waals surface area contributed by atoms with E-state index < -0.39 is 16.8 Å². The van der Waals surface area contributed by atoms with Crippen LogP contribution in [0.4, 0.5) is 0 Å². The fourth-order valence-corrected chi connectivity index (χ4v) is 0. The van der Waals surface area contributed by atoms with Crippen LogP contribution < -0.4 is 0 Å². The molecule has 0 fully saturated rings. The van der Waals surface area contributed by atoms with Crippen LogP contribution in [0.2, 0.25) is 0 Å². The summed E-state index contributed by atoms with van der Waals surface area (Å²) in [6.07, 6.45) is 3.15. The Morgan fingerprint density at radius 2 is 1.25 bits per heavy atom. The molecule has 0 bridgehead atoms. The van der Waals surface area contributed by atoms with Gasteiger partial charge in [0.15, 0.2) is 0 Å². The van der Waals surface area contributed by atoms with E-state index in [1.807, 2.05) is 0 Å². The van der Waals surface area contributed by atoms with Gasteiger partial charge in [-0.1, -0.05) is 0 Å². The van der Waals surface area contributed by atoms with Crippen molar-refractivity contribution in [1.29, 1.82) is 0 Å². The largest absolute Gasteiger partial charge is 0.329 e. The first-order valence-corrected chi connectivity index (χ1v) is 5.89. The molecule has 0 atom stereocenters. The molecule has 0 aromatic carbocycles. The van der Waals surface area contributed by atoms with Crippen molar-refractivity contribution in [3.63, 3.8) is 0 Å². The van der Waals surface area contributed by atoms with Gasteiger partial charge in [0.2, 0.25) is 0 Å². The van der Waals surface area contributed by atoms with E-state index in [1.165, 1.54) is 0 Å². The minimum Gasteiger partial charge on any atom is -0.329 e. The van der Waals surface area contributed by atoms with Crippen LogP contribution in [0.25, 0.3) is 0 Å². The summed E-state index contributed by atoms with van der Waals surface area (Å²) in [5, 5.41) is 0. The molecule has 0 rings (SSSR count). The summed E-state index contributed by atoms with van der Waals surface area (Å²) >= 11 is 0. The van der Waals surface area contributed by atoms with Crippen molar-refractivity contribution in [2.45, 2.75) is 0 Å². The summed E-state index contributed by atoms with van der Waals surface area (Å²) in [4.78, 5) is 25.0. The zero-order valence-corrected chi connectivity index (χ0v) is 9.58. The molecule has 0 heterocycles. The summed E-state index contributed by atoms with van der Waals surface area (Å²) < 4.78 is 0. The van der Waals surface area contributed by atoms with Gasteiger partial charge in [-0.15, -0.1) is 10.1 Å². The van der Waals surface area contributed by atoms with Crippen molar-refractivity contribution in [2.24, 2.45) is 0 Å². The molecule has 0 aliphatic heterocycles. The van der Waals surface area contributed by atoms with Gasteiger partial charge >= 0.3 is 0 Å². The minimum atomic E-state index is -3.46. The normalized spacial score (nSPS) is 11.2. The Balaban J connectivity index is 0. The van der Waals surface area contributed by atoms with Crippen LogP contribution in [-0.2, 0) is 29.6 Å². The number of hydrogen-bond acceptors (Lipinski definition) is 0. The predicted octanol–water partition coefficient (Wildman–Crippen LogP) is -0.484. The Morgan fingerprint density at radius 1 is 1.12 bits per heavy atom. The zero-order valence-electron chi connectivity index (χ0n) is 4.90. The van der Waals surface area contributed by atoms with E-state index >= 15 is 0 Å². The van der Waals surface area contributed by atoms with Crippen LogP contribution in [0.15, 0.2) is 0 Å². The van der Waals surface area contributed by atoms with Crippen molar-refractivity contribution >= 4 is 16.8 Å². The van der Waals surface area contributed by atoms with E-state index in [4.69, 9.17) is 14.7 Å². The Morgan fingerprint density at radius 3 is 1.25 bits per heavy atom. The molecule has 8 heavy (non-hydrogen) atoms. The first-order valence-electron chi connectivity index (χ1n) is 1.60. The molecule has 0 spiro atoms. The van der Waals surface area contributed by atoms with E-state index in [0.717, 1.165) is 0 Å². The summed E-state index contributed by atoms with van der Waals surface area (Å²) in [5.74, 6) is 0. The first-order chi connectivity index (χ1) is 2.94. The topological polar surface area (TPSA) is 60.7 Å². The van der Waals surface area contributed by atoms with E-state index in [-0.39, 0.29) is 19.5 Å². The van der Waals surface area contributed by atoms with E-state index in [9.17, 15) is 0 Å². The Labute approximate surface area is 63.7 Å². The fraction of sp³-hybridized carbons (Fsp3) is 1.00. The average Bonchev–Trinajstić information content (AvgIpc) is 1.31. The molecule has 0 aliphatic rings. The van der Waals surface area contributed by atoms with Crippen molar-refractivity contribution in [3.05, 3.63) is 0 Å². The second-order valence-electron chi connectivity index (χ2n) is 1.29. The molecule has 0 saturated carbocycles. The van der Waals surface area contributed by atoms with Crippen LogP contribution in [0.3, 0.4) is 0 Å². The average molecular weight is 210 g/mol. The van der Waals surface area contributed by atoms with E-state index in [0.29, 0.717) is 0 Å². The number of rotatable bonds is 0. The maximum atomic E-state index is 8.33. The van der Waals surface area contributed by atoms with Crippen molar-refractivity contribution in [3.8, 4) is 0 Å². The zero-order chi connectivity index (χ0) is 6.08. The summed E-state index contributed by atoms with van der Waals surface area (Å²) in [7, 11) is -0.655. The van der Waals surface area contributed by atoms with Crippen molar-refractivity contribution in [1.82, 2.24) is 0 Å². The smallest absolute Gasteiger partial charge is 0.276 e. The van der Waals surface area contributed by atoms with E-state index in [1.54, 1.807) is 12.5 Å². The Bertz CT molecular complexity index is 106. The van der Waals surface area contributed by atoms with Gasteiger partial charge in [-0.25, -0.2) is 0 Å². The van der Waals surface area contributed by atoms with Gasteiger partial charge in [-0.2, -0.15) is 0 Å². The molecular weight excluding hydrogens is 200 g/mol. The van der Waals surface area contributed by atoms with Gasteiger partial charge < -0.3 is 14.7 Å². The molecular formula is C2H9O3PSZn. The molecule has 0 saturated heterocycles. The monoisotopic (exact) mass is 208 g/mol. The quantitative estimate of drug-likeness (QED) is 0.373. The Kier molecular flexibility index (Phi) is 6.24. The maximum absolute atomic E-state index is 8.33. The van der Waals surface area contributed by atoms with Crippen molar-refractivity contribution in [2.75, 3.05) is 12.5 Å². The van der Waals surface area contributed by atoms with Crippen LogP contribution >= 0.6 is 6.72 Å². The summed E-state index contributed by atoms with van der Waals surface area (Å²) in [6.45, 7) is -3.46. The van der Waals surface area contributed by atoms with Crippen LogP contribution in [0, 0.1) is 0 Å². The third-order valence-corrected chi connectivity index (χ3v) is 4.41. The Hall–Kier alpha value is 1.28. The molecule has 48 valence electrons. The molecule has 0 aromatic heterocycles. The van der Waals surface area contributed by atoms with Crippen LogP contribution in [0.5, 0.6) is 0 Å². The van der Waals surface area contributed by atoms with Crippen molar-refractivity contribution < 1.29 is 34.2 Å². The molecule has 6 heteroatoms. The minimum absolute atomic E-state index is 0. The van der Waals surface area contributed by atoms with E-state index in [2.05, 4.69) is 0 Å². The molecule has 0 unspecified atom stereocenters. The SMILES string of the molecule is CS(C)=P(O)(O)O.[Zn]. The third kappa shape index (κ3) is 5.42. The van der Waals surface area contributed by atoms with Gasteiger partial charge in [-0.3, -0.25) is 0 Å². The van der Waals surface area contributed by atoms with Crippen LogP contribution in [0.1, 0.15) is 0 Å². The summed E-state index contributed by atoms with van der Waals surface area (Å²) in [6, 6.07) is 0. The van der Waals surface area contributed by atoms with Gasteiger partial charge in [0, 0.05) is 19.5 Å². The van der Waals surface area contributed by atoms with Gasteiger partial charge in [0.05, 0.1) is 0 Å². The number of hydrogen-bond donors (Lipinski definition) is 3. The van der Waals surface area contributed by atoms with Gasteiger partial charge in [0.25, 0.3) is 6.72 Å². The molecule has 0 amide bonds. The third-order valence-electron chi connectivity index (χ3n) is 0.490. The molecule has 0 aliphatic carbocycles. The second kappa shape index (κ2) is 4.16. The summed E-state index contributed by atoms with van der Waals surface area (Å²) in [5.41, 5.74) is 0. The molecule has 0 aromatic rings. The standard InChI is InChI=1S/C2H9O3PS.Zn/c1-7(2)6(3,4)5;/h3-5H,1-2H3;.